The first-order valence-electron chi connectivity index (χ1n) is 5.98. The average Bonchev–Trinajstić information content (AvgIpc) is 2.21. The van der Waals surface area contributed by atoms with Crippen molar-refractivity contribution in [3.05, 3.63) is 23.8 Å². The van der Waals surface area contributed by atoms with Crippen LogP contribution in [0.1, 0.15) is 20.3 Å². The zero-order chi connectivity index (χ0) is 12.6. The van der Waals surface area contributed by atoms with Gasteiger partial charge in [0.05, 0.1) is 0 Å². The van der Waals surface area contributed by atoms with Crippen molar-refractivity contribution in [2.75, 3.05) is 23.7 Å². The van der Waals surface area contributed by atoms with E-state index in [-0.39, 0.29) is 11.4 Å². The number of hydrogen-bond donors (Lipinski definition) is 1. The Morgan fingerprint density at radius 1 is 1.18 bits per heavy atom. The predicted octanol–water partition coefficient (Wildman–Crippen LogP) is 3.03. The first kappa shape index (κ1) is 12.1. The van der Waals surface area contributed by atoms with Crippen LogP contribution in [0.5, 0.6) is 0 Å². The van der Waals surface area contributed by atoms with Gasteiger partial charge in [-0.3, -0.25) is 0 Å². The molecule has 4 heteroatoms. The normalized spacial score (nSPS) is 25.1. The molecule has 1 aromatic carbocycles. The summed E-state index contributed by atoms with van der Waals surface area (Å²) in [5.41, 5.74) is 5.60. The summed E-state index contributed by atoms with van der Waals surface area (Å²) in [6, 6.07) is 2.36. The van der Waals surface area contributed by atoms with Crippen molar-refractivity contribution in [1.82, 2.24) is 0 Å². The Hall–Kier alpha value is -1.32. The Labute approximate surface area is 100 Å². The molecule has 1 saturated heterocycles. The minimum absolute atomic E-state index is 0.0675. The zero-order valence-electron chi connectivity index (χ0n) is 10.2. The van der Waals surface area contributed by atoms with Crippen LogP contribution in [0.25, 0.3) is 0 Å². The minimum Gasteiger partial charge on any atom is -0.399 e. The highest BCUT2D eigenvalue weighted by atomic mass is 19.1. The van der Waals surface area contributed by atoms with Crippen LogP contribution in [0.2, 0.25) is 0 Å². The molecule has 2 rings (SSSR count). The molecule has 2 unspecified atom stereocenters. The minimum atomic E-state index is -0.566. The molecule has 0 radical (unpaired) electrons. The molecule has 0 bridgehead atoms. The van der Waals surface area contributed by atoms with E-state index in [1.165, 1.54) is 12.1 Å². The number of piperidine rings is 1. The molecule has 0 saturated carbocycles. The molecule has 1 fully saturated rings. The number of rotatable bonds is 1. The molecule has 1 aliphatic heterocycles. The van der Waals surface area contributed by atoms with Crippen molar-refractivity contribution in [2.24, 2.45) is 11.8 Å². The molecule has 2 atom stereocenters. The van der Waals surface area contributed by atoms with Crippen molar-refractivity contribution in [1.29, 1.82) is 0 Å². The van der Waals surface area contributed by atoms with E-state index in [1.807, 2.05) is 0 Å². The van der Waals surface area contributed by atoms with Gasteiger partial charge in [-0.25, -0.2) is 8.78 Å². The third-order valence-corrected chi connectivity index (χ3v) is 3.69. The van der Waals surface area contributed by atoms with Crippen molar-refractivity contribution >= 4 is 11.4 Å². The van der Waals surface area contributed by atoms with Gasteiger partial charge in [-0.1, -0.05) is 13.8 Å². The maximum atomic E-state index is 13.8. The fourth-order valence-electron chi connectivity index (χ4n) is 2.35. The molecular weight excluding hydrogens is 222 g/mol. The van der Waals surface area contributed by atoms with Crippen LogP contribution < -0.4 is 10.6 Å². The monoisotopic (exact) mass is 240 g/mol. The number of nitrogen functional groups attached to an aromatic ring is 1. The number of benzene rings is 1. The highest BCUT2D eigenvalue weighted by molar-refractivity contribution is 5.56. The molecule has 0 amide bonds. The molecule has 1 aliphatic rings. The standard InChI is InChI=1S/C13H18F2N2/c1-8-3-4-17(7-9(8)2)13-11(14)5-10(16)6-12(13)15/h5-6,8-9H,3-4,7,16H2,1-2H3. The van der Waals surface area contributed by atoms with Crippen molar-refractivity contribution in [2.45, 2.75) is 20.3 Å². The lowest BCUT2D eigenvalue weighted by Gasteiger charge is -2.37. The largest absolute Gasteiger partial charge is 0.399 e. The second-order valence-electron chi connectivity index (χ2n) is 5.02. The molecule has 2 nitrogen and oxygen atoms in total. The molecular formula is C13H18F2N2. The molecule has 94 valence electrons. The van der Waals surface area contributed by atoms with Crippen LogP contribution in [0.3, 0.4) is 0 Å². The summed E-state index contributed by atoms with van der Waals surface area (Å²) in [4.78, 5) is 1.79. The number of nitrogens with two attached hydrogens (primary N) is 1. The summed E-state index contributed by atoms with van der Waals surface area (Å²) in [6.07, 6.45) is 0.963. The van der Waals surface area contributed by atoms with Gasteiger partial charge in [-0.15, -0.1) is 0 Å². The van der Waals surface area contributed by atoms with Crippen LogP contribution in [0.15, 0.2) is 12.1 Å². The van der Waals surface area contributed by atoms with Crippen LogP contribution >= 0.6 is 0 Å². The highest BCUT2D eigenvalue weighted by Crippen LogP contribution is 2.31. The third-order valence-electron chi connectivity index (χ3n) is 3.69. The molecule has 1 aromatic rings. The lowest BCUT2D eigenvalue weighted by atomic mass is 9.88. The average molecular weight is 240 g/mol. The third kappa shape index (κ3) is 2.35. The Morgan fingerprint density at radius 2 is 1.76 bits per heavy atom. The fraction of sp³-hybridized carbons (Fsp3) is 0.538. The topological polar surface area (TPSA) is 29.3 Å². The summed E-state index contributed by atoms with van der Waals surface area (Å²) in [6.45, 7) is 5.68. The summed E-state index contributed by atoms with van der Waals surface area (Å²) in [5, 5.41) is 0. The van der Waals surface area contributed by atoms with E-state index in [0.717, 1.165) is 6.42 Å². The second kappa shape index (κ2) is 4.51. The van der Waals surface area contributed by atoms with Gasteiger partial charge in [0.25, 0.3) is 0 Å². The molecule has 2 N–H and O–H groups in total. The SMILES string of the molecule is CC1CCN(c2c(F)cc(N)cc2F)CC1C. The Kier molecular flexibility index (Phi) is 3.22. The summed E-state index contributed by atoms with van der Waals surface area (Å²) >= 11 is 0. The van der Waals surface area contributed by atoms with Gasteiger partial charge in [-0.2, -0.15) is 0 Å². The number of hydrogen-bond acceptors (Lipinski definition) is 2. The van der Waals surface area contributed by atoms with E-state index in [4.69, 9.17) is 5.73 Å². The van der Waals surface area contributed by atoms with Gasteiger partial charge < -0.3 is 10.6 Å². The lowest BCUT2D eigenvalue weighted by Crippen LogP contribution is -2.39. The van der Waals surface area contributed by atoms with E-state index in [2.05, 4.69) is 13.8 Å². The van der Waals surface area contributed by atoms with Crippen LogP contribution in [0, 0.1) is 23.5 Å². The fourth-order valence-corrected chi connectivity index (χ4v) is 2.35. The van der Waals surface area contributed by atoms with Gasteiger partial charge in [0.2, 0.25) is 0 Å². The molecule has 0 aliphatic carbocycles. The molecule has 1 heterocycles. The first-order chi connectivity index (χ1) is 7.99. The van der Waals surface area contributed by atoms with E-state index in [1.54, 1.807) is 4.90 Å². The van der Waals surface area contributed by atoms with Crippen molar-refractivity contribution in [3.63, 3.8) is 0 Å². The highest BCUT2D eigenvalue weighted by Gasteiger charge is 2.26. The van der Waals surface area contributed by atoms with E-state index in [9.17, 15) is 8.78 Å². The molecule has 17 heavy (non-hydrogen) atoms. The molecule has 0 spiro atoms. The maximum absolute atomic E-state index is 13.8. The Balaban J connectivity index is 2.29. The second-order valence-corrected chi connectivity index (χ2v) is 5.02. The van der Waals surface area contributed by atoms with E-state index < -0.39 is 11.6 Å². The maximum Gasteiger partial charge on any atom is 0.151 e. The van der Waals surface area contributed by atoms with Crippen LogP contribution in [-0.2, 0) is 0 Å². The van der Waals surface area contributed by atoms with Crippen molar-refractivity contribution < 1.29 is 8.78 Å². The lowest BCUT2D eigenvalue weighted by molar-refractivity contribution is 0.320. The Morgan fingerprint density at radius 3 is 2.29 bits per heavy atom. The van der Waals surface area contributed by atoms with Crippen LogP contribution in [-0.4, -0.2) is 13.1 Å². The van der Waals surface area contributed by atoms with Gasteiger partial charge in [0.15, 0.2) is 11.6 Å². The van der Waals surface area contributed by atoms with Gasteiger partial charge in [0, 0.05) is 18.8 Å². The summed E-state index contributed by atoms with van der Waals surface area (Å²) in [7, 11) is 0. The van der Waals surface area contributed by atoms with Crippen molar-refractivity contribution in [3.8, 4) is 0 Å². The van der Waals surface area contributed by atoms with Gasteiger partial charge >= 0.3 is 0 Å². The zero-order valence-corrected chi connectivity index (χ0v) is 10.2. The molecule has 0 aromatic heterocycles. The van der Waals surface area contributed by atoms with Gasteiger partial charge in [0.1, 0.15) is 5.69 Å². The quantitative estimate of drug-likeness (QED) is 0.764. The first-order valence-corrected chi connectivity index (χ1v) is 5.98. The summed E-state index contributed by atoms with van der Waals surface area (Å²) in [5.74, 6) is -0.0836. The Bertz CT molecular complexity index is 397. The number of halogens is 2. The van der Waals surface area contributed by atoms with E-state index in [0.29, 0.717) is 24.9 Å². The predicted molar refractivity (Wildman–Crippen MR) is 65.9 cm³/mol. The smallest absolute Gasteiger partial charge is 0.151 e. The van der Waals surface area contributed by atoms with Gasteiger partial charge in [-0.05, 0) is 30.4 Å². The van der Waals surface area contributed by atoms with E-state index >= 15 is 0 Å². The summed E-state index contributed by atoms with van der Waals surface area (Å²) < 4.78 is 27.5. The number of anilines is 2. The number of nitrogens with zero attached hydrogens (tertiary/aromatic N) is 1. The van der Waals surface area contributed by atoms with Crippen LogP contribution in [0.4, 0.5) is 20.2 Å².